The lowest BCUT2D eigenvalue weighted by molar-refractivity contribution is 0.669. The molecule has 0 amide bonds. The van der Waals surface area contributed by atoms with Gasteiger partial charge >= 0.3 is 0 Å². The van der Waals surface area contributed by atoms with Crippen LogP contribution in [0.1, 0.15) is 22.3 Å². The largest absolute Gasteiger partial charge is 0.456 e. The molecule has 13 rings (SSSR count). The molecular weight excluding hydrogens is 795 g/mol. The number of hydrogen-bond donors (Lipinski definition) is 0. The Bertz CT molecular complexity index is 3670. The molecule has 300 valence electrons. The first-order valence-corrected chi connectivity index (χ1v) is 22.7. The van der Waals surface area contributed by atoms with Crippen LogP contribution in [0.3, 0.4) is 0 Å². The summed E-state index contributed by atoms with van der Waals surface area (Å²) in [6.07, 6.45) is 0. The van der Waals surface area contributed by atoms with Crippen molar-refractivity contribution in [3.8, 4) is 33.4 Å². The molecule has 0 fully saturated rings. The van der Waals surface area contributed by atoms with Crippen LogP contribution in [0.15, 0.2) is 241 Å². The summed E-state index contributed by atoms with van der Waals surface area (Å²) in [5, 5.41) is 4.85. The molecule has 0 aliphatic heterocycles. The lowest BCUT2D eigenvalue weighted by atomic mass is 9.68. The molecule has 0 unspecified atom stereocenters. The van der Waals surface area contributed by atoms with Gasteiger partial charge in [0.15, 0.2) is 0 Å². The van der Waals surface area contributed by atoms with Crippen LogP contribution in [0.5, 0.6) is 0 Å². The Balaban J connectivity index is 0.939. The van der Waals surface area contributed by atoms with E-state index in [1.54, 1.807) is 0 Å². The van der Waals surface area contributed by atoms with Gasteiger partial charge in [0.05, 0.1) is 5.41 Å². The molecule has 2 nitrogen and oxygen atoms in total. The van der Waals surface area contributed by atoms with E-state index in [2.05, 4.69) is 229 Å². The van der Waals surface area contributed by atoms with E-state index in [4.69, 9.17) is 4.42 Å². The molecule has 0 atom stereocenters. The second-order valence-electron chi connectivity index (χ2n) is 16.8. The highest BCUT2D eigenvalue weighted by molar-refractivity contribution is 7.26. The van der Waals surface area contributed by atoms with Gasteiger partial charge in [0.2, 0.25) is 0 Å². The van der Waals surface area contributed by atoms with Crippen LogP contribution in [-0.2, 0) is 5.41 Å². The average molecular weight is 834 g/mol. The summed E-state index contributed by atoms with van der Waals surface area (Å²) in [6, 6.07) is 86.5. The molecule has 64 heavy (non-hydrogen) atoms. The van der Waals surface area contributed by atoms with Crippen molar-refractivity contribution in [1.82, 2.24) is 0 Å². The Morgan fingerprint density at radius 2 is 0.891 bits per heavy atom. The molecule has 0 saturated carbocycles. The fourth-order valence-corrected chi connectivity index (χ4v) is 11.7. The summed E-state index contributed by atoms with van der Waals surface area (Å²) < 4.78 is 8.98. The quantitative estimate of drug-likeness (QED) is 0.159. The number of rotatable bonds is 7. The van der Waals surface area contributed by atoms with Crippen LogP contribution in [0.2, 0.25) is 0 Å². The molecular formula is C61H39NOS. The minimum absolute atomic E-state index is 0.464. The van der Waals surface area contributed by atoms with Crippen molar-refractivity contribution in [1.29, 1.82) is 0 Å². The van der Waals surface area contributed by atoms with E-state index in [0.29, 0.717) is 0 Å². The number of anilines is 3. The predicted molar refractivity (Wildman–Crippen MR) is 269 cm³/mol. The summed E-state index contributed by atoms with van der Waals surface area (Å²) in [6.45, 7) is 0. The lowest BCUT2D eigenvalue weighted by Gasteiger charge is -2.34. The summed E-state index contributed by atoms with van der Waals surface area (Å²) in [7, 11) is 0. The van der Waals surface area contributed by atoms with Crippen LogP contribution in [0, 0.1) is 0 Å². The summed E-state index contributed by atoms with van der Waals surface area (Å²) >= 11 is 1.88. The van der Waals surface area contributed by atoms with E-state index in [-0.39, 0.29) is 0 Å². The second kappa shape index (κ2) is 14.6. The van der Waals surface area contributed by atoms with E-state index >= 15 is 0 Å². The van der Waals surface area contributed by atoms with Gasteiger partial charge < -0.3 is 9.32 Å². The number of fused-ring (bicyclic) bond motifs is 9. The molecule has 0 radical (unpaired) electrons. The number of benzene rings is 10. The van der Waals surface area contributed by atoms with Gasteiger partial charge in [0.1, 0.15) is 11.2 Å². The van der Waals surface area contributed by atoms with E-state index < -0.39 is 5.41 Å². The van der Waals surface area contributed by atoms with Crippen molar-refractivity contribution >= 4 is 70.5 Å². The zero-order valence-electron chi connectivity index (χ0n) is 34.8. The first-order chi connectivity index (χ1) is 31.7. The Morgan fingerprint density at radius 1 is 0.344 bits per heavy atom. The SMILES string of the molecule is c1ccc(C2(c3ccccc3)c3ccccc3-c3cc(N(c4ccc(-c5ccc(-c6cccc7c6sc6ccccc67)cc5)cc4)c4ccc5oc6ccccc6c5c4)ccc32)cc1. The van der Waals surface area contributed by atoms with Crippen LogP contribution in [0.25, 0.3) is 75.5 Å². The molecule has 0 N–H and O–H groups in total. The fraction of sp³-hybridized carbons (Fsp3) is 0.0164. The molecule has 10 aromatic carbocycles. The monoisotopic (exact) mass is 833 g/mol. The Labute approximate surface area is 375 Å². The molecule has 2 heterocycles. The minimum Gasteiger partial charge on any atom is -0.456 e. The molecule has 1 aliphatic carbocycles. The van der Waals surface area contributed by atoms with E-state index in [0.717, 1.165) is 39.0 Å². The summed E-state index contributed by atoms with van der Waals surface area (Å²) in [5.74, 6) is 0. The third-order valence-corrected chi connectivity index (χ3v) is 14.6. The molecule has 0 spiro atoms. The lowest BCUT2D eigenvalue weighted by Crippen LogP contribution is -2.28. The predicted octanol–water partition coefficient (Wildman–Crippen LogP) is 17.1. The van der Waals surface area contributed by atoms with Crippen LogP contribution < -0.4 is 4.90 Å². The first kappa shape index (κ1) is 36.7. The van der Waals surface area contributed by atoms with Crippen LogP contribution in [0.4, 0.5) is 17.1 Å². The van der Waals surface area contributed by atoms with Gasteiger partial charge in [0.25, 0.3) is 0 Å². The molecule has 2 aromatic heterocycles. The average Bonchev–Trinajstić information content (AvgIpc) is 4.03. The smallest absolute Gasteiger partial charge is 0.135 e. The van der Waals surface area contributed by atoms with Gasteiger partial charge in [-0.25, -0.2) is 0 Å². The van der Waals surface area contributed by atoms with Crippen LogP contribution in [-0.4, -0.2) is 0 Å². The Kier molecular flexibility index (Phi) is 8.34. The maximum absolute atomic E-state index is 6.32. The Hall–Kier alpha value is -7.98. The van der Waals surface area contributed by atoms with Gasteiger partial charge in [-0.1, -0.05) is 182 Å². The zero-order chi connectivity index (χ0) is 42.2. The maximum atomic E-state index is 6.32. The van der Waals surface area contributed by atoms with Crippen molar-refractivity contribution < 1.29 is 4.42 Å². The highest BCUT2D eigenvalue weighted by Crippen LogP contribution is 2.57. The standard InChI is InChI=1S/C61H39NOS/c1-3-14-43(15-4-1)61(44-16-5-2-6-17-44)55-23-10-7-18-49(55)53-38-46(34-36-56(53)61)62(47-35-37-58-54(39-47)50-19-8-11-24-57(50)63-58)45-32-30-41(31-33-45)40-26-28-42(29-27-40)48-21-13-22-52-51-20-9-12-25-59(51)64-60(48)52/h1-39H. The third-order valence-electron chi connectivity index (χ3n) is 13.4. The summed E-state index contributed by atoms with van der Waals surface area (Å²) in [4.78, 5) is 2.40. The second-order valence-corrected chi connectivity index (χ2v) is 17.8. The van der Waals surface area contributed by atoms with Gasteiger partial charge in [0, 0.05) is 48.0 Å². The number of hydrogen-bond acceptors (Lipinski definition) is 3. The zero-order valence-corrected chi connectivity index (χ0v) is 35.6. The Morgan fingerprint density at radius 3 is 1.67 bits per heavy atom. The van der Waals surface area contributed by atoms with E-state index in [9.17, 15) is 0 Å². The molecule has 0 saturated heterocycles. The number of furan rings is 1. The minimum atomic E-state index is -0.464. The first-order valence-electron chi connectivity index (χ1n) is 21.9. The van der Waals surface area contributed by atoms with Crippen molar-refractivity contribution in [3.63, 3.8) is 0 Å². The highest BCUT2D eigenvalue weighted by Gasteiger charge is 2.46. The van der Waals surface area contributed by atoms with Crippen molar-refractivity contribution in [2.45, 2.75) is 5.41 Å². The van der Waals surface area contributed by atoms with Gasteiger partial charge in [-0.15, -0.1) is 11.3 Å². The van der Waals surface area contributed by atoms with Gasteiger partial charge in [-0.3, -0.25) is 0 Å². The van der Waals surface area contributed by atoms with Gasteiger partial charge in [-0.2, -0.15) is 0 Å². The maximum Gasteiger partial charge on any atom is 0.135 e. The van der Waals surface area contributed by atoms with Gasteiger partial charge in [-0.05, 0) is 110 Å². The summed E-state index contributed by atoms with van der Waals surface area (Å²) in [5.41, 5.74) is 17.0. The highest BCUT2D eigenvalue weighted by atomic mass is 32.1. The van der Waals surface area contributed by atoms with Crippen molar-refractivity contribution in [3.05, 3.63) is 259 Å². The van der Waals surface area contributed by atoms with E-state index in [1.807, 2.05) is 23.5 Å². The molecule has 1 aliphatic rings. The fourth-order valence-electron chi connectivity index (χ4n) is 10.5. The van der Waals surface area contributed by atoms with Crippen molar-refractivity contribution in [2.24, 2.45) is 0 Å². The van der Waals surface area contributed by atoms with Crippen molar-refractivity contribution in [2.75, 3.05) is 4.90 Å². The third kappa shape index (κ3) is 5.58. The number of para-hydroxylation sites is 1. The van der Waals surface area contributed by atoms with Crippen LogP contribution >= 0.6 is 11.3 Å². The normalized spacial score (nSPS) is 12.8. The van der Waals surface area contributed by atoms with E-state index in [1.165, 1.54) is 75.8 Å². The molecule has 0 bridgehead atoms. The number of nitrogens with zero attached hydrogens (tertiary/aromatic N) is 1. The number of thiophene rings is 1. The molecule has 12 aromatic rings. The molecule has 3 heteroatoms. The topological polar surface area (TPSA) is 16.4 Å².